The Kier molecular flexibility index (Phi) is 4.74. The minimum absolute atomic E-state index is 0.0313. The Morgan fingerprint density at radius 2 is 1.77 bits per heavy atom. The van der Waals surface area contributed by atoms with Gasteiger partial charge in [-0.05, 0) is 62.8 Å². The van der Waals surface area contributed by atoms with Gasteiger partial charge in [0.2, 0.25) is 0 Å². The van der Waals surface area contributed by atoms with Crippen molar-refractivity contribution in [1.29, 1.82) is 0 Å². The Morgan fingerprint density at radius 3 is 2.42 bits per heavy atom. The number of carbonyl (C=O) groups is 2. The molecule has 0 spiro atoms. The van der Waals surface area contributed by atoms with Gasteiger partial charge in [0.15, 0.2) is 0 Å². The first-order valence-electron chi connectivity index (χ1n) is 9.96. The maximum atomic E-state index is 12.7. The number of amides is 3. The van der Waals surface area contributed by atoms with Crippen molar-refractivity contribution in [1.82, 2.24) is 15.1 Å². The van der Waals surface area contributed by atoms with Crippen LogP contribution in [0.15, 0.2) is 30.3 Å². The van der Waals surface area contributed by atoms with Gasteiger partial charge < -0.3 is 5.32 Å². The Balaban J connectivity index is 1.25. The highest BCUT2D eigenvalue weighted by Gasteiger charge is 2.56. The highest BCUT2D eigenvalue weighted by molar-refractivity contribution is 6.07. The van der Waals surface area contributed by atoms with Crippen molar-refractivity contribution in [3.8, 4) is 0 Å². The van der Waals surface area contributed by atoms with Crippen molar-refractivity contribution in [2.75, 3.05) is 19.8 Å². The van der Waals surface area contributed by atoms with E-state index in [1.54, 1.807) is 0 Å². The molecule has 0 bridgehead atoms. The third-order valence-corrected chi connectivity index (χ3v) is 6.43. The highest BCUT2D eigenvalue weighted by atomic mass is 16.2. The van der Waals surface area contributed by atoms with E-state index in [-0.39, 0.29) is 11.9 Å². The third-order valence-electron chi connectivity index (χ3n) is 6.43. The number of hydrogen-bond acceptors (Lipinski definition) is 3. The SMILES string of the molecule is CC1(C2CC2)NC(=O)N(CN2CCC(CCc3ccccc3)CC2)C1=O. The number of urea groups is 1. The molecule has 1 saturated carbocycles. The van der Waals surface area contributed by atoms with Gasteiger partial charge in [0.25, 0.3) is 5.91 Å². The number of likely N-dealkylation sites (tertiary alicyclic amines) is 1. The van der Waals surface area contributed by atoms with E-state index >= 15 is 0 Å². The smallest absolute Gasteiger partial charge is 0.323 e. The highest BCUT2D eigenvalue weighted by Crippen LogP contribution is 2.42. The summed E-state index contributed by atoms with van der Waals surface area (Å²) in [6.07, 6.45) is 6.75. The molecule has 1 aromatic carbocycles. The molecule has 5 heteroatoms. The lowest BCUT2D eigenvalue weighted by atomic mass is 9.90. The van der Waals surface area contributed by atoms with Gasteiger partial charge in [-0.3, -0.25) is 9.69 Å². The van der Waals surface area contributed by atoms with E-state index in [0.29, 0.717) is 12.6 Å². The van der Waals surface area contributed by atoms with Crippen LogP contribution in [0.4, 0.5) is 4.79 Å². The van der Waals surface area contributed by atoms with E-state index in [1.807, 2.05) is 6.92 Å². The Bertz CT molecular complexity index is 665. The van der Waals surface area contributed by atoms with Crippen LogP contribution in [0.5, 0.6) is 0 Å². The molecule has 3 amide bonds. The Labute approximate surface area is 155 Å². The molecule has 0 radical (unpaired) electrons. The first-order chi connectivity index (χ1) is 12.6. The third kappa shape index (κ3) is 3.50. The van der Waals surface area contributed by atoms with Gasteiger partial charge in [-0.15, -0.1) is 0 Å². The average Bonchev–Trinajstić information content (AvgIpc) is 3.48. The molecule has 26 heavy (non-hydrogen) atoms. The van der Waals surface area contributed by atoms with Gasteiger partial charge >= 0.3 is 6.03 Å². The summed E-state index contributed by atoms with van der Waals surface area (Å²) in [5.41, 5.74) is 0.749. The van der Waals surface area contributed by atoms with Crippen LogP contribution in [-0.2, 0) is 11.2 Å². The van der Waals surface area contributed by atoms with Crippen molar-refractivity contribution < 1.29 is 9.59 Å². The zero-order valence-electron chi connectivity index (χ0n) is 15.6. The molecule has 3 fully saturated rings. The molecule has 2 saturated heterocycles. The molecular formula is C21H29N3O2. The minimum atomic E-state index is -0.662. The molecule has 1 aliphatic carbocycles. The van der Waals surface area contributed by atoms with Gasteiger partial charge in [0.1, 0.15) is 5.54 Å². The number of rotatable bonds is 6. The lowest BCUT2D eigenvalue weighted by Gasteiger charge is -2.34. The van der Waals surface area contributed by atoms with Crippen LogP contribution in [0.3, 0.4) is 0 Å². The van der Waals surface area contributed by atoms with Crippen molar-refractivity contribution in [3.05, 3.63) is 35.9 Å². The fraction of sp³-hybridized carbons (Fsp3) is 0.619. The molecule has 1 N–H and O–H groups in total. The summed E-state index contributed by atoms with van der Waals surface area (Å²) in [5.74, 6) is 1.04. The average molecular weight is 355 g/mol. The van der Waals surface area contributed by atoms with Gasteiger partial charge in [-0.1, -0.05) is 30.3 Å². The van der Waals surface area contributed by atoms with E-state index in [1.165, 1.54) is 16.9 Å². The number of piperidine rings is 1. The minimum Gasteiger partial charge on any atom is -0.323 e. The summed E-state index contributed by atoms with van der Waals surface area (Å²) in [5, 5.41) is 2.94. The van der Waals surface area contributed by atoms with E-state index < -0.39 is 5.54 Å². The summed E-state index contributed by atoms with van der Waals surface area (Å²) in [6.45, 7) is 4.27. The molecule has 1 atom stereocenters. The fourth-order valence-electron chi connectivity index (χ4n) is 4.41. The topological polar surface area (TPSA) is 52.7 Å². The first kappa shape index (κ1) is 17.5. The molecule has 5 nitrogen and oxygen atoms in total. The molecule has 1 aromatic rings. The van der Waals surface area contributed by atoms with E-state index in [9.17, 15) is 9.59 Å². The normalized spacial score (nSPS) is 27.8. The molecular weight excluding hydrogens is 326 g/mol. The lowest BCUT2D eigenvalue weighted by Crippen LogP contribution is -2.48. The molecule has 3 aliphatic rings. The van der Waals surface area contributed by atoms with Gasteiger partial charge in [-0.25, -0.2) is 9.69 Å². The monoisotopic (exact) mass is 355 g/mol. The van der Waals surface area contributed by atoms with Gasteiger partial charge in [-0.2, -0.15) is 0 Å². The predicted octanol–water partition coefficient (Wildman–Crippen LogP) is 3.01. The van der Waals surface area contributed by atoms with Crippen LogP contribution in [0.25, 0.3) is 0 Å². The lowest BCUT2D eigenvalue weighted by molar-refractivity contribution is -0.133. The number of hydrogen-bond donors (Lipinski definition) is 1. The second-order valence-electron chi connectivity index (χ2n) is 8.37. The first-order valence-corrected chi connectivity index (χ1v) is 9.96. The summed E-state index contributed by atoms with van der Waals surface area (Å²) in [4.78, 5) is 28.7. The van der Waals surface area contributed by atoms with Crippen LogP contribution in [0, 0.1) is 11.8 Å². The van der Waals surface area contributed by atoms with Crippen LogP contribution < -0.4 is 5.32 Å². The van der Waals surface area contributed by atoms with Crippen molar-refractivity contribution >= 4 is 11.9 Å². The van der Waals surface area contributed by atoms with E-state index in [4.69, 9.17) is 0 Å². The summed E-state index contributed by atoms with van der Waals surface area (Å²) >= 11 is 0. The maximum Gasteiger partial charge on any atom is 0.326 e. The van der Waals surface area contributed by atoms with Crippen LogP contribution in [-0.4, -0.2) is 47.0 Å². The zero-order valence-corrected chi connectivity index (χ0v) is 15.6. The van der Waals surface area contributed by atoms with E-state index in [2.05, 4.69) is 40.5 Å². The number of imide groups is 1. The molecule has 4 rings (SSSR count). The van der Waals surface area contributed by atoms with Crippen LogP contribution >= 0.6 is 0 Å². The number of aryl methyl sites for hydroxylation is 1. The summed E-state index contributed by atoms with van der Waals surface area (Å²) < 4.78 is 0. The predicted molar refractivity (Wildman–Crippen MR) is 100 cm³/mol. The zero-order chi connectivity index (χ0) is 18.1. The second kappa shape index (κ2) is 7.03. The number of nitrogens with one attached hydrogen (secondary N) is 1. The Morgan fingerprint density at radius 1 is 1.08 bits per heavy atom. The Hall–Kier alpha value is -1.88. The van der Waals surface area contributed by atoms with Crippen LogP contribution in [0.2, 0.25) is 0 Å². The van der Waals surface area contributed by atoms with Gasteiger partial charge in [0, 0.05) is 13.1 Å². The molecule has 2 aliphatic heterocycles. The van der Waals surface area contributed by atoms with E-state index in [0.717, 1.165) is 51.1 Å². The van der Waals surface area contributed by atoms with Crippen molar-refractivity contribution in [2.45, 2.75) is 51.0 Å². The quantitative estimate of drug-likeness (QED) is 0.798. The summed E-state index contributed by atoms with van der Waals surface area (Å²) in [6, 6.07) is 10.5. The number of benzene rings is 1. The standard InChI is InChI=1S/C21H29N3O2/c1-21(18-9-10-18)19(25)24(20(26)22-21)15-23-13-11-17(12-14-23)8-7-16-5-3-2-4-6-16/h2-6,17-18H,7-15H2,1H3,(H,22,26). The second-order valence-corrected chi connectivity index (χ2v) is 8.37. The summed E-state index contributed by atoms with van der Waals surface area (Å²) in [7, 11) is 0. The number of carbonyl (C=O) groups excluding carboxylic acids is 2. The maximum absolute atomic E-state index is 12.7. The van der Waals surface area contributed by atoms with Crippen molar-refractivity contribution in [3.63, 3.8) is 0 Å². The number of nitrogens with zero attached hydrogens (tertiary/aromatic N) is 2. The molecule has 0 aromatic heterocycles. The fourth-order valence-corrected chi connectivity index (χ4v) is 4.41. The largest absolute Gasteiger partial charge is 0.326 e. The molecule has 1 unspecified atom stereocenters. The van der Waals surface area contributed by atoms with Gasteiger partial charge in [0.05, 0.1) is 6.67 Å². The van der Waals surface area contributed by atoms with Crippen LogP contribution in [0.1, 0.15) is 44.6 Å². The van der Waals surface area contributed by atoms with Crippen molar-refractivity contribution in [2.24, 2.45) is 11.8 Å². The molecule has 140 valence electrons. The molecule has 2 heterocycles.